The number of nitrogens with zero attached hydrogens (tertiary/aromatic N) is 2. The molecule has 3 aromatic rings. The van der Waals surface area contributed by atoms with Gasteiger partial charge in [-0.2, -0.15) is 4.98 Å². The first-order valence-electron chi connectivity index (χ1n) is 13.2. The van der Waals surface area contributed by atoms with Crippen molar-refractivity contribution in [3.8, 4) is 0 Å². The second-order valence-electron chi connectivity index (χ2n) is 10.5. The molecule has 2 amide bonds. The minimum absolute atomic E-state index is 0.0246. The number of aromatic nitrogens is 3. The van der Waals surface area contributed by atoms with Crippen molar-refractivity contribution >= 4 is 22.7 Å². The summed E-state index contributed by atoms with van der Waals surface area (Å²) in [4.78, 5) is 32.0. The minimum atomic E-state index is -0.678. The number of carbonyl (C=O) groups excluding carboxylic acids is 2. The van der Waals surface area contributed by atoms with Crippen molar-refractivity contribution in [3.05, 3.63) is 59.6 Å². The maximum Gasteiger partial charge on any atom is 0.249 e. The molecule has 1 aliphatic carbocycles. The summed E-state index contributed by atoms with van der Waals surface area (Å²) in [5, 5.41) is 10.3. The lowest BCUT2D eigenvalue weighted by molar-refractivity contribution is -0.125. The van der Waals surface area contributed by atoms with E-state index in [0.29, 0.717) is 23.5 Å². The Balaban J connectivity index is 1.57. The lowest BCUT2D eigenvalue weighted by atomic mass is 9.64. The second kappa shape index (κ2) is 11.9. The number of aromatic amines is 1. The molecule has 0 radical (unpaired) electrons. The van der Waals surface area contributed by atoms with Crippen molar-refractivity contribution in [1.82, 2.24) is 25.8 Å². The molecule has 9 nitrogen and oxygen atoms in total. The van der Waals surface area contributed by atoms with E-state index in [-0.39, 0.29) is 36.6 Å². The van der Waals surface area contributed by atoms with E-state index in [1.807, 2.05) is 0 Å². The van der Waals surface area contributed by atoms with E-state index in [9.17, 15) is 14.0 Å². The van der Waals surface area contributed by atoms with Gasteiger partial charge in [-0.1, -0.05) is 37.6 Å². The Hall–Kier alpha value is -3.53. The van der Waals surface area contributed by atoms with Gasteiger partial charge in [0.05, 0.1) is 13.1 Å². The SMILES string of the molecule is C=C1CC(CC)CC(CC)(Cc2noc(C(Cc3c[nH]c4ccc(F)cc34)NC(=O)CNC(=O)CN)n2)C1. The van der Waals surface area contributed by atoms with Crippen LogP contribution in [0.4, 0.5) is 4.39 Å². The van der Waals surface area contributed by atoms with Gasteiger partial charge in [-0.3, -0.25) is 9.59 Å². The van der Waals surface area contributed by atoms with Gasteiger partial charge < -0.3 is 25.9 Å². The average molecular weight is 525 g/mol. The topological polar surface area (TPSA) is 139 Å². The monoisotopic (exact) mass is 524 g/mol. The van der Waals surface area contributed by atoms with Crippen LogP contribution in [0.15, 0.2) is 41.1 Å². The zero-order valence-corrected chi connectivity index (χ0v) is 22.1. The largest absolute Gasteiger partial charge is 0.361 e. The normalized spacial score (nSPS) is 20.4. The molecule has 0 spiro atoms. The van der Waals surface area contributed by atoms with E-state index in [2.05, 4.69) is 41.2 Å². The van der Waals surface area contributed by atoms with Gasteiger partial charge in [0.15, 0.2) is 5.82 Å². The van der Waals surface area contributed by atoms with Crippen molar-refractivity contribution in [3.63, 3.8) is 0 Å². The van der Waals surface area contributed by atoms with Gasteiger partial charge in [0.2, 0.25) is 17.7 Å². The van der Waals surface area contributed by atoms with Crippen LogP contribution in [0.2, 0.25) is 0 Å². The molecule has 1 aromatic carbocycles. The second-order valence-corrected chi connectivity index (χ2v) is 10.5. The van der Waals surface area contributed by atoms with Crippen LogP contribution in [-0.2, 0) is 22.4 Å². The Bertz CT molecular complexity index is 1300. The first-order chi connectivity index (χ1) is 18.2. The minimum Gasteiger partial charge on any atom is -0.361 e. The fourth-order valence-corrected chi connectivity index (χ4v) is 5.64. The molecule has 38 heavy (non-hydrogen) atoms. The molecule has 4 rings (SSSR count). The van der Waals surface area contributed by atoms with E-state index >= 15 is 0 Å². The number of hydrogen-bond donors (Lipinski definition) is 4. The molecular weight excluding hydrogens is 487 g/mol. The highest BCUT2D eigenvalue weighted by molar-refractivity contribution is 5.86. The Kier molecular flexibility index (Phi) is 8.61. The predicted molar refractivity (Wildman–Crippen MR) is 142 cm³/mol. The zero-order chi connectivity index (χ0) is 27.3. The van der Waals surface area contributed by atoms with Gasteiger partial charge >= 0.3 is 0 Å². The summed E-state index contributed by atoms with van der Waals surface area (Å²) in [6, 6.07) is 3.83. The number of H-pyrrole nitrogens is 1. The summed E-state index contributed by atoms with van der Waals surface area (Å²) in [6.45, 7) is 8.25. The van der Waals surface area contributed by atoms with E-state index < -0.39 is 17.9 Å². The van der Waals surface area contributed by atoms with Crippen molar-refractivity contribution in [2.75, 3.05) is 13.1 Å². The van der Waals surface area contributed by atoms with Gasteiger partial charge in [0, 0.05) is 29.9 Å². The summed E-state index contributed by atoms with van der Waals surface area (Å²) < 4.78 is 19.6. The molecule has 0 bridgehead atoms. The Morgan fingerprint density at radius 1 is 1.34 bits per heavy atom. The molecule has 0 aliphatic heterocycles. The van der Waals surface area contributed by atoms with Crippen molar-refractivity contribution in [1.29, 1.82) is 0 Å². The highest BCUT2D eigenvalue weighted by Gasteiger charge is 2.37. The third-order valence-corrected chi connectivity index (χ3v) is 7.69. The molecule has 2 heterocycles. The fourth-order valence-electron chi connectivity index (χ4n) is 5.64. The van der Waals surface area contributed by atoms with Crippen LogP contribution in [0.25, 0.3) is 10.9 Å². The Morgan fingerprint density at radius 2 is 2.16 bits per heavy atom. The molecule has 5 N–H and O–H groups in total. The predicted octanol–water partition coefficient (Wildman–Crippen LogP) is 3.87. The first kappa shape index (κ1) is 27.5. The van der Waals surface area contributed by atoms with E-state index in [1.54, 1.807) is 12.3 Å². The molecule has 3 unspecified atom stereocenters. The summed E-state index contributed by atoms with van der Waals surface area (Å²) in [7, 11) is 0. The van der Waals surface area contributed by atoms with Crippen LogP contribution >= 0.6 is 0 Å². The van der Waals surface area contributed by atoms with Gasteiger partial charge in [0.25, 0.3) is 0 Å². The van der Waals surface area contributed by atoms with Crippen LogP contribution in [0.5, 0.6) is 0 Å². The highest BCUT2D eigenvalue weighted by atomic mass is 19.1. The van der Waals surface area contributed by atoms with E-state index in [0.717, 1.165) is 43.2 Å². The number of benzene rings is 1. The van der Waals surface area contributed by atoms with E-state index in [4.69, 9.17) is 15.2 Å². The number of amides is 2. The molecule has 1 saturated carbocycles. The van der Waals surface area contributed by atoms with Gasteiger partial charge in [0.1, 0.15) is 11.9 Å². The maximum atomic E-state index is 14.0. The van der Waals surface area contributed by atoms with Crippen LogP contribution in [0.3, 0.4) is 0 Å². The fraction of sp³-hybridized carbons (Fsp3) is 0.500. The molecular formula is C28H37FN6O3. The third kappa shape index (κ3) is 6.48. The number of fused-ring (bicyclic) bond motifs is 1. The molecule has 1 fully saturated rings. The summed E-state index contributed by atoms with van der Waals surface area (Å²) in [6.07, 6.45) is 7.91. The molecule has 3 atom stereocenters. The standard InChI is InChI=1S/C28H37FN6O3/c1-4-18-8-17(3)11-28(5-2,12-18)13-24-34-27(38-35-24)23(33-26(37)16-32-25(36)14-30)9-19-15-31-22-7-6-20(29)10-21(19)22/h6-7,10,15,18,23,31H,3-5,8-9,11-14,16,30H2,1-2H3,(H,32,36)(H,33,37). The van der Waals surface area contributed by atoms with Gasteiger partial charge in [-0.25, -0.2) is 4.39 Å². The molecule has 2 aromatic heterocycles. The Labute approximate surface area is 221 Å². The molecule has 10 heteroatoms. The molecule has 0 saturated heterocycles. The van der Waals surface area contributed by atoms with E-state index in [1.165, 1.54) is 17.7 Å². The maximum absolute atomic E-state index is 14.0. The average Bonchev–Trinajstić information content (AvgIpc) is 3.53. The molecule has 1 aliphatic rings. The number of carbonyl (C=O) groups is 2. The number of allylic oxidation sites excluding steroid dienone is 1. The summed E-state index contributed by atoms with van der Waals surface area (Å²) in [5.41, 5.74) is 8.18. The van der Waals surface area contributed by atoms with Gasteiger partial charge in [-0.15, -0.1) is 0 Å². The zero-order valence-electron chi connectivity index (χ0n) is 22.1. The van der Waals surface area contributed by atoms with Crippen molar-refractivity contribution in [2.45, 2.75) is 64.8 Å². The van der Waals surface area contributed by atoms with Crippen molar-refractivity contribution in [2.24, 2.45) is 17.1 Å². The highest BCUT2D eigenvalue weighted by Crippen LogP contribution is 2.46. The number of nitrogens with two attached hydrogens (primary N) is 1. The number of hydrogen-bond acceptors (Lipinski definition) is 6. The Morgan fingerprint density at radius 3 is 2.89 bits per heavy atom. The quantitative estimate of drug-likeness (QED) is 0.281. The van der Waals surface area contributed by atoms with Crippen LogP contribution in [0, 0.1) is 17.2 Å². The smallest absolute Gasteiger partial charge is 0.249 e. The van der Waals surface area contributed by atoms with Crippen LogP contribution in [-0.4, -0.2) is 40.0 Å². The summed E-state index contributed by atoms with van der Waals surface area (Å²) in [5.74, 6) is 0.229. The lowest BCUT2D eigenvalue weighted by Gasteiger charge is -2.41. The lowest BCUT2D eigenvalue weighted by Crippen LogP contribution is -2.41. The van der Waals surface area contributed by atoms with Crippen LogP contribution in [0.1, 0.15) is 69.3 Å². The number of rotatable bonds is 11. The first-order valence-corrected chi connectivity index (χ1v) is 13.2. The van der Waals surface area contributed by atoms with Crippen molar-refractivity contribution < 1.29 is 18.5 Å². The van der Waals surface area contributed by atoms with Crippen LogP contribution < -0.4 is 16.4 Å². The number of nitrogens with one attached hydrogen (secondary N) is 3. The third-order valence-electron chi connectivity index (χ3n) is 7.69. The summed E-state index contributed by atoms with van der Waals surface area (Å²) >= 11 is 0. The molecule has 204 valence electrons. The number of halogens is 1. The van der Waals surface area contributed by atoms with Gasteiger partial charge in [-0.05, 0) is 60.8 Å².